The molecule has 6 nitrogen and oxygen atoms in total. The van der Waals surface area contributed by atoms with Crippen molar-refractivity contribution in [1.82, 2.24) is 20.0 Å². The number of aliphatic imine (C=N–C) groups is 1. The molecule has 1 atom stereocenters. The van der Waals surface area contributed by atoms with E-state index in [1.807, 2.05) is 0 Å². The molecular formula is C22H38N6. The fourth-order valence-electron chi connectivity index (χ4n) is 4.27. The van der Waals surface area contributed by atoms with E-state index in [2.05, 4.69) is 63.1 Å². The van der Waals surface area contributed by atoms with Gasteiger partial charge in [0.15, 0.2) is 5.96 Å². The summed E-state index contributed by atoms with van der Waals surface area (Å²) in [7, 11) is 0. The van der Waals surface area contributed by atoms with Crippen LogP contribution in [0.5, 0.6) is 0 Å². The number of benzene rings is 1. The molecule has 1 aromatic carbocycles. The largest absolute Gasteiger partial charge is 0.370 e. The average Bonchev–Trinajstić information content (AvgIpc) is 3.20. The van der Waals surface area contributed by atoms with Crippen molar-refractivity contribution >= 4 is 5.96 Å². The highest BCUT2D eigenvalue weighted by molar-refractivity contribution is 5.77. The van der Waals surface area contributed by atoms with Crippen LogP contribution in [0.25, 0.3) is 0 Å². The number of likely N-dealkylation sites (tertiary alicyclic amines) is 1. The Morgan fingerprint density at radius 2 is 1.68 bits per heavy atom. The van der Waals surface area contributed by atoms with Gasteiger partial charge in [0.05, 0.1) is 6.54 Å². The summed E-state index contributed by atoms with van der Waals surface area (Å²) in [5.74, 6) is 0.556. The predicted octanol–water partition coefficient (Wildman–Crippen LogP) is 1.71. The van der Waals surface area contributed by atoms with Crippen LogP contribution >= 0.6 is 0 Å². The Kier molecular flexibility index (Phi) is 8.13. The second-order valence-electron chi connectivity index (χ2n) is 8.03. The molecule has 3 N–H and O–H groups in total. The minimum atomic E-state index is 0.556. The van der Waals surface area contributed by atoms with E-state index < -0.39 is 0 Å². The van der Waals surface area contributed by atoms with Crippen LogP contribution in [-0.2, 0) is 13.1 Å². The van der Waals surface area contributed by atoms with Gasteiger partial charge in [-0.05, 0) is 43.6 Å². The molecule has 0 aliphatic carbocycles. The third kappa shape index (κ3) is 6.19. The van der Waals surface area contributed by atoms with Crippen molar-refractivity contribution in [2.24, 2.45) is 10.7 Å². The van der Waals surface area contributed by atoms with E-state index in [4.69, 9.17) is 5.73 Å². The number of guanidine groups is 1. The highest BCUT2D eigenvalue weighted by Gasteiger charge is 2.22. The highest BCUT2D eigenvalue weighted by Crippen LogP contribution is 2.15. The standard InChI is InChI=1S/C22H38N6/c1-3-26-12-14-27(15-13-26)18-20-9-7-19(8-10-20)16-24-22(23)25-17-21-6-5-11-28(21)4-2/h7-10,21H,3-6,11-18H2,1-2H3,(H3,23,24,25). The maximum absolute atomic E-state index is 6.07. The van der Waals surface area contributed by atoms with Crippen LogP contribution in [0.15, 0.2) is 29.3 Å². The molecule has 0 bridgehead atoms. The van der Waals surface area contributed by atoms with E-state index in [1.165, 1.54) is 63.2 Å². The van der Waals surface area contributed by atoms with Crippen LogP contribution in [0.2, 0.25) is 0 Å². The highest BCUT2D eigenvalue weighted by atomic mass is 15.3. The van der Waals surface area contributed by atoms with Gasteiger partial charge < -0.3 is 16.0 Å². The van der Waals surface area contributed by atoms with Gasteiger partial charge in [0.1, 0.15) is 0 Å². The Bertz CT molecular complexity index is 606. The second kappa shape index (κ2) is 10.8. The van der Waals surface area contributed by atoms with E-state index in [0.29, 0.717) is 18.5 Å². The Hall–Kier alpha value is -1.63. The van der Waals surface area contributed by atoms with Crippen LogP contribution in [0.4, 0.5) is 0 Å². The Balaban J connectivity index is 1.40. The van der Waals surface area contributed by atoms with Gasteiger partial charge >= 0.3 is 0 Å². The maximum Gasteiger partial charge on any atom is 0.188 e. The van der Waals surface area contributed by atoms with Gasteiger partial charge in [-0.2, -0.15) is 0 Å². The van der Waals surface area contributed by atoms with Gasteiger partial charge in [-0.25, -0.2) is 4.99 Å². The van der Waals surface area contributed by atoms with Gasteiger partial charge in [-0.15, -0.1) is 0 Å². The van der Waals surface area contributed by atoms with Gasteiger partial charge in [-0.1, -0.05) is 38.1 Å². The lowest BCUT2D eigenvalue weighted by Crippen LogP contribution is -2.45. The molecular weight excluding hydrogens is 348 g/mol. The van der Waals surface area contributed by atoms with Crippen LogP contribution in [0.3, 0.4) is 0 Å². The van der Waals surface area contributed by atoms with Crippen molar-refractivity contribution in [3.63, 3.8) is 0 Å². The molecule has 28 heavy (non-hydrogen) atoms. The van der Waals surface area contributed by atoms with Gasteiger partial charge in [0.2, 0.25) is 0 Å². The number of piperazine rings is 1. The third-order valence-electron chi connectivity index (χ3n) is 6.20. The lowest BCUT2D eigenvalue weighted by Gasteiger charge is -2.34. The first-order chi connectivity index (χ1) is 13.7. The minimum Gasteiger partial charge on any atom is -0.370 e. The molecule has 156 valence electrons. The number of hydrogen-bond donors (Lipinski definition) is 2. The van der Waals surface area contributed by atoms with E-state index >= 15 is 0 Å². The summed E-state index contributed by atoms with van der Waals surface area (Å²) >= 11 is 0. The van der Waals surface area contributed by atoms with Gasteiger partial charge in [0.25, 0.3) is 0 Å². The lowest BCUT2D eigenvalue weighted by molar-refractivity contribution is 0.132. The Labute approximate surface area is 170 Å². The third-order valence-corrected chi connectivity index (χ3v) is 6.20. The second-order valence-corrected chi connectivity index (χ2v) is 8.03. The normalized spacial score (nSPS) is 22.6. The van der Waals surface area contributed by atoms with E-state index in [0.717, 1.165) is 19.6 Å². The summed E-state index contributed by atoms with van der Waals surface area (Å²) < 4.78 is 0. The molecule has 2 saturated heterocycles. The molecule has 0 spiro atoms. The van der Waals surface area contributed by atoms with Crippen LogP contribution in [-0.4, -0.2) is 79.1 Å². The summed E-state index contributed by atoms with van der Waals surface area (Å²) in [6.45, 7) is 15.2. The molecule has 1 unspecified atom stereocenters. The smallest absolute Gasteiger partial charge is 0.188 e. The average molecular weight is 387 g/mol. The number of nitrogens with zero attached hydrogens (tertiary/aromatic N) is 4. The molecule has 2 aliphatic rings. The van der Waals surface area contributed by atoms with Crippen molar-refractivity contribution in [2.75, 3.05) is 52.4 Å². The summed E-state index contributed by atoms with van der Waals surface area (Å²) in [6, 6.07) is 9.43. The summed E-state index contributed by atoms with van der Waals surface area (Å²) in [5, 5.41) is 3.31. The molecule has 0 amide bonds. The fraction of sp³-hybridized carbons (Fsp3) is 0.682. The predicted molar refractivity (Wildman–Crippen MR) is 117 cm³/mol. The molecule has 1 aromatic rings. The first-order valence-corrected chi connectivity index (χ1v) is 11.0. The van der Waals surface area contributed by atoms with Gasteiger partial charge in [-0.3, -0.25) is 9.80 Å². The maximum atomic E-state index is 6.07. The Morgan fingerprint density at radius 3 is 2.36 bits per heavy atom. The molecule has 2 fully saturated rings. The van der Waals surface area contributed by atoms with E-state index in [-0.39, 0.29) is 0 Å². The quantitative estimate of drug-likeness (QED) is 0.526. The monoisotopic (exact) mass is 386 g/mol. The molecule has 2 aliphatic heterocycles. The number of nitrogens with one attached hydrogen (secondary N) is 1. The molecule has 6 heteroatoms. The van der Waals surface area contributed by atoms with E-state index in [9.17, 15) is 0 Å². The first kappa shape index (κ1) is 21.1. The molecule has 2 heterocycles. The van der Waals surface area contributed by atoms with Crippen LogP contribution in [0.1, 0.15) is 37.8 Å². The van der Waals surface area contributed by atoms with Crippen LogP contribution < -0.4 is 11.1 Å². The van der Waals surface area contributed by atoms with Crippen molar-refractivity contribution in [3.05, 3.63) is 35.4 Å². The fourth-order valence-corrected chi connectivity index (χ4v) is 4.27. The summed E-state index contributed by atoms with van der Waals surface area (Å²) in [4.78, 5) is 12.1. The zero-order valence-corrected chi connectivity index (χ0v) is 17.7. The summed E-state index contributed by atoms with van der Waals surface area (Å²) in [5.41, 5.74) is 8.66. The van der Waals surface area contributed by atoms with E-state index in [1.54, 1.807) is 0 Å². The lowest BCUT2D eigenvalue weighted by atomic mass is 10.1. The Morgan fingerprint density at radius 1 is 1.00 bits per heavy atom. The number of rotatable bonds is 8. The first-order valence-electron chi connectivity index (χ1n) is 11.0. The molecule has 0 saturated carbocycles. The molecule has 3 rings (SSSR count). The van der Waals surface area contributed by atoms with Gasteiger partial charge in [0, 0.05) is 45.3 Å². The number of hydrogen-bond acceptors (Lipinski definition) is 4. The van der Waals surface area contributed by atoms with Crippen molar-refractivity contribution < 1.29 is 0 Å². The summed E-state index contributed by atoms with van der Waals surface area (Å²) in [6.07, 6.45) is 2.54. The molecule has 0 aromatic heterocycles. The van der Waals surface area contributed by atoms with Crippen LogP contribution in [0, 0.1) is 0 Å². The zero-order valence-electron chi connectivity index (χ0n) is 17.7. The number of nitrogens with two attached hydrogens (primary N) is 1. The van der Waals surface area contributed by atoms with Crippen molar-refractivity contribution in [3.8, 4) is 0 Å². The zero-order chi connectivity index (χ0) is 19.8. The topological polar surface area (TPSA) is 60.1 Å². The number of likely N-dealkylation sites (N-methyl/N-ethyl adjacent to an activating group) is 2. The van der Waals surface area contributed by atoms with Crippen molar-refractivity contribution in [1.29, 1.82) is 0 Å². The van der Waals surface area contributed by atoms with Crippen molar-refractivity contribution in [2.45, 2.75) is 45.8 Å². The minimum absolute atomic E-state index is 0.556. The molecule has 0 radical (unpaired) electrons. The SMILES string of the molecule is CCN1CCN(Cc2ccc(CN=C(N)NCC3CCCN3CC)cc2)CC1.